The average molecular weight is 405 g/mol. The van der Waals surface area contributed by atoms with Crippen molar-refractivity contribution >= 4 is 35.3 Å². The molecule has 150 valence electrons. The molecule has 1 heterocycles. The van der Waals surface area contributed by atoms with Crippen LogP contribution < -0.4 is 21.1 Å². The lowest BCUT2D eigenvalue weighted by Gasteiger charge is -2.21. The molecule has 2 aromatic rings. The van der Waals surface area contributed by atoms with Crippen molar-refractivity contribution in [2.75, 3.05) is 5.32 Å². The van der Waals surface area contributed by atoms with Crippen LogP contribution in [0.15, 0.2) is 35.1 Å². The van der Waals surface area contributed by atoms with Gasteiger partial charge in [0.1, 0.15) is 5.69 Å². The topological polar surface area (TPSA) is 136 Å². The molecule has 1 amide bonds. The summed E-state index contributed by atoms with van der Waals surface area (Å²) in [5.74, 6) is -3.78. The minimum absolute atomic E-state index is 0.0636. The molecule has 9 nitrogen and oxygen atoms in total. The second kappa shape index (κ2) is 8.79. The maximum Gasteiger partial charge on any atom is 0.295 e. The Labute approximate surface area is 164 Å². The van der Waals surface area contributed by atoms with Crippen molar-refractivity contribution in [2.24, 2.45) is 7.05 Å². The molecule has 2 atom stereocenters. The number of rotatable bonds is 8. The molecule has 0 aliphatic carbocycles. The van der Waals surface area contributed by atoms with Crippen molar-refractivity contribution in [3.63, 3.8) is 0 Å². The van der Waals surface area contributed by atoms with Crippen molar-refractivity contribution in [2.45, 2.75) is 30.8 Å². The van der Waals surface area contributed by atoms with Crippen LogP contribution in [0.1, 0.15) is 19.0 Å². The van der Waals surface area contributed by atoms with Gasteiger partial charge in [0.2, 0.25) is 5.91 Å². The van der Waals surface area contributed by atoms with Gasteiger partial charge in [-0.3, -0.25) is 14.3 Å². The standard InChI is InChI=1S/C18H21N3O6S/c1-10-15(17(25)21(20(10)3)12-7-5-4-6-8-12)19-16(24)11(2)28-13(18(26)27)9-14(22)23/h4-8,11,13H,9H2,1-3H3,(H,19,24)(H,22,23)(H,26,27)/p-2/t11-,13-/m1/s1. The van der Waals surface area contributed by atoms with Crippen molar-refractivity contribution in [3.05, 3.63) is 46.4 Å². The molecule has 28 heavy (non-hydrogen) atoms. The Balaban J connectivity index is 2.23. The molecule has 0 bridgehead atoms. The molecule has 1 aromatic heterocycles. The molecule has 0 aliphatic rings. The monoisotopic (exact) mass is 405 g/mol. The first-order valence-electron chi connectivity index (χ1n) is 8.34. The van der Waals surface area contributed by atoms with E-state index in [9.17, 15) is 29.4 Å². The van der Waals surface area contributed by atoms with Crippen LogP contribution in [0.25, 0.3) is 5.69 Å². The second-order valence-electron chi connectivity index (χ2n) is 6.09. The van der Waals surface area contributed by atoms with Gasteiger partial charge in [-0.2, -0.15) is 0 Å². The highest BCUT2D eigenvalue weighted by Gasteiger charge is 2.24. The Bertz CT molecular complexity index is 950. The number of thioether (sulfide) groups is 1. The SMILES string of the molecule is Cc1c(NC(=O)[C@@H](C)S[C@H](CC(=O)[O-])C(=O)[O-])c(=O)n(-c2ccccc2)n1C. The third-order valence-corrected chi connectivity index (χ3v) is 5.46. The van der Waals surface area contributed by atoms with Gasteiger partial charge >= 0.3 is 0 Å². The first-order chi connectivity index (χ1) is 13.1. The van der Waals surface area contributed by atoms with Gasteiger partial charge in [0.15, 0.2) is 0 Å². The van der Waals surface area contributed by atoms with Gasteiger partial charge in [0.05, 0.1) is 27.9 Å². The van der Waals surface area contributed by atoms with Crippen LogP contribution in [0.5, 0.6) is 0 Å². The molecule has 0 radical (unpaired) electrons. The molecule has 0 spiro atoms. The summed E-state index contributed by atoms with van der Waals surface area (Å²) in [6.07, 6.45) is -0.782. The lowest BCUT2D eigenvalue weighted by Crippen LogP contribution is -2.40. The van der Waals surface area contributed by atoms with Gasteiger partial charge in [-0.15, -0.1) is 11.8 Å². The fourth-order valence-corrected chi connectivity index (χ4v) is 3.60. The normalized spacial score (nSPS) is 13.0. The molecule has 0 saturated carbocycles. The number of carbonyl (C=O) groups excluding carboxylic acids is 3. The van der Waals surface area contributed by atoms with Gasteiger partial charge in [0.25, 0.3) is 5.56 Å². The Morgan fingerprint density at radius 2 is 1.79 bits per heavy atom. The Kier molecular flexibility index (Phi) is 6.68. The van der Waals surface area contributed by atoms with Crippen molar-refractivity contribution in [1.29, 1.82) is 0 Å². The molecule has 2 rings (SSSR count). The van der Waals surface area contributed by atoms with Crippen LogP contribution in [-0.4, -0.2) is 37.7 Å². The predicted octanol–water partition coefficient (Wildman–Crippen LogP) is -1.20. The molecule has 0 aliphatic heterocycles. The number of hydrogen-bond acceptors (Lipinski definition) is 7. The van der Waals surface area contributed by atoms with E-state index in [0.717, 1.165) is 0 Å². The lowest BCUT2D eigenvalue weighted by molar-refractivity contribution is -0.314. The number of anilines is 1. The van der Waals surface area contributed by atoms with Crippen LogP contribution in [0.3, 0.4) is 0 Å². The summed E-state index contributed by atoms with van der Waals surface area (Å²) in [5.41, 5.74) is 0.745. The van der Waals surface area contributed by atoms with Crippen molar-refractivity contribution < 1.29 is 24.6 Å². The van der Waals surface area contributed by atoms with Crippen LogP contribution >= 0.6 is 11.8 Å². The lowest BCUT2D eigenvalue weighted by atomic mass is 10.3. The summed E-state index contributed by atoms with van der Waals surface area (Å²) in [5, 5.41) is 21.8. The largest absolute Gasteiger partial charge is 0.550 e. The minimum atomic E-state index is -1.60. The first kappa shape index (κ1) is 21.3. The number of nitrogens with one attached hydrogen (secondary N) is 1. The predicted molar refractivity (Wildman–Crippen MR) is 99.8 cm³/mol. The summed E-state index contributed by atoms with van der Waals surface area (Å²) in [6.45, 7) is 3.08. The Morgan fingerprint density at radius 1 is 1.18 bits per heavy atom. The molecule has 10 heteroatoms. The van der Waals surface area contributed by atoms with Crippen molar-refractivity contribution in [1.82, 2.24) is 9.36 Å². The van der Waals surface area contributed by atoms with Gasteiger partial charge < -0.3 is 25.1 Å². The molecule has 1 N–H and O–H groups in total. The quantitative estimate of drug-likeness (QED) is 0.583. The van der Waals surface area contributed by atoms with Gasteiger partial charge in [0, 0.05) is 19.4 Å². The number of aromatic nitrogens is 2. The molecule has 0 fully saturated rings. The molecular formula is C18H19N3O6S-2. The maximum absolute atomic E-state index is 12.8. The van der Waals surface area contributed by atoms with E-state index in [2.05, 4.69) is 5.32 Å². The van der Waals surface area contributed by atoms with Crippen molar-refractivity contribution in [3.8, 4) is 5.69 Å². The number of amides is 1. The molecule has 0 saturated heterocycles. The van der Waals surface area contributed by atoms with Crippen LogP contribution in [-0.2, 0) is 21.4 Å². The van der Waals surface area contributed by atoms with E-state index in [0.29, 0.717) is 23.1 Å². The minimum Gasteiger partial charge on any atom is -0.550 e. The summed E-state index contributed by atoms with van der Waals surface area (Å²) in [4.78, 5) is 46.9. The van der Waals surface area contributed by atoms with Crippen LogP contribution in [0.4, 0.5) is 5.69 Å². The summed E-state index contributed by atoms with van der Waals surface area (Å²) in [6, 6.07) is 8.85. The summed E-state index contributed by atoms with van der Waals surface area (Å²) < 4.78 is 2.98. The number of carboxylic acid groups (broad SMARTS) is 2. The number of hydrogen-bond donors (Lipinski definition) is 1. The molecule has 0 unspecified atom stereocenters. The zero-order valence-electron chi connectivity index (χ0n) is 15.5. The number of para-hydroxylation sites is 1. The Hall–Kier alpha value is -3.01. The zero-order chi connectivity index (χ0) is 21.0. The molecule has 1 aromatic carbocycles. The van der Waals surface area contributed by atoms with Crippen LogP contribution in [0.2, 0.25) is 0 Å². The smallest absolute Gasteiger partial charge is 0.295 e. The first-order valence-corrected chi connectivity index (χ1v) is 9.28. The highest BCUT2D eigenvalue weighted by Crippen LogP contribution is 2.22. The highest BCUT2D eigenvalue weighted by atomic mass is 32.2. The third kappa shape index (κ3) is 4.63. The third-order valence-electron chi connectivity index (χ3n) is 4.15. The van der Waals surface area contributed by atoms with Gasteiger partial charge in [-0.25, -0.2) is 4.68 Å². The van der Waals surface area contributed by atoms with E-state index in [1.54, 1.807) is 42.9 Å². The number of benzene rings is 1. The Morgan fingerprint density at radius 3 is 2.32 bits per heavy atom. The van der Waals surface area contributed by atoms with E-state index in [1.165, 1.54) is 11.6 Å². The highest BCUT2D eigenvalue weighted by molar-refractivity contribution is 8.01. The van der Waals surface area contributed by atoms with Gasteiger partial charge in [-0.1, -0.05) is 18.2 Å². The number of aliphatic carboxylic acids is 2. The van der Waals surface area contributed by atoms with Gasteiger partial charge in [-0.05, 0) is 26.0 Å². The fourth-order valence-electron chi connectivity index (χ4n) is 2.58. The van der Waals surface area contributed by atoms with E-state index in [1.807, 2.05) is 6.07 Å². The average Bonchev–Trinajstić information content (AvgIpc) is 2.84. The van der Waals surface area contributed by atoms with E-state index in [4.69, 9.17) is 0 Å². The zero-order valence-corrected chi connectivity index (χ0v) is 16.3. The van der Waals surface area contributed by atoms with E-state index >= 15 is 0 Å². The van der Waals surface area contributed by atoms with Crippen LogP contribution in [0, 0.1) is 6.92 Å². The number of carboxylic acids is 2. The fraction of sp³-hybridized carbons (Fsp3) is 0.333. The number of carbonyl (C=O) groups is 3. The summed E-state index contributed by atoms with van der Waals surface area (Å²) >= 11 is 0.617. The van der Waals surface area contributed by atoms with E-state index < -0.39 is 40.3 Å². The molecular weight excluding hydrogens is 386 g/mol. The van der Waals surface area contributed by atoms with E-state index in [-0.39, 0.29) is 5.69 Å². The maximum atomic E-state index is 12.8. The second-order valence-corrected chi connectivity index (χ2v) is 7.64. The summed E-state index contributed by atoms with van der Waals surface area (Å²) in [7, 11) is 1.67. The number of nitrogens with zero attached hydrogens (tertiary/aromatic N) is 2.